The van der Waals surface area contributed by atoms with Crippen LogP contribution >= 0.6 is 0 Å². The van der Waals surface area contributed by atoms with E-state index in [4.69, 9.17) is 9.57 Å². The van der Waals surface area contributed by atoms with E-state index in [0.29, 0.717) is 11.5 Å². The summed E-state index contributed by atoms with van der Waals surface area (Å²) in [5.41, 5.74) is 4.17. The van der Waals surface area contributed by atoms with Gasteiger partial charge in [0.05, 0.1) is 5.56 Å². The Balaban J connectivity index is 1.51. The zero-order chi connectivity index (χ0) is 23.8. The van der Waals surface area contributed by atoms with Crippen molar-refractivity contribution in [1.82, 2.24) is 25.2 Å². The Kier molecular flexibility index (Phi) is 6.84. The monoisotopic (exact) mass is 457 g/mol. The van der Waals surface area contributed by atoms with Crippen LogP contribution in [0.3, 0.4) is 0 Å². The van der Waals surface area contributed by atoms with Crippen molar-refractivity contribution in [2.75, 3.05) is 10.8 Å². The number of aryl methyl sites for hydroxylation is 1. The van der Waals surface area contributed by atoms with Gasteiger partial charge in [-0.15, -0.1) is 0 Å². The number of aromatic nitrogens is 5. The highest BCUT2D eigenvalue weighted by Crippen LogP contribution is 2.20. The highest BCUT2D eigenvalue weighted by atomic mass is 16.7. The number of tetrazole rings is 1. The first kappa shape index (κ1) is 22.1. The van der Waals surface area contributed by atoms with Gasteiger partial charge in [-0.2, -0.15) is 5.48 Å². The van der Waals surface area contributed by atoms with Crippen molar-refractivity contribution in [1.29, 1.82) is 0 Å². The number of nitrogens with zero attached hydrogens (tertiary/aromatic N) is 5. The SMILES string of the molecule is Cn1nnnc1NO/C(=C\c1ccccc1)c1cccc(NC(=O)OC(=O)c2ccccc2)n1. The summed E-state index contributed by atoms with van der Waals surface area (Å²) in [6, 6.07) is 22.6. The van der Waals surface area contributed by atoms with Crippen LogP contribution in [-0.2, 0) is 16.6 Å². The van der Waals surface area contributed by atoms with E-state index < -0.39 is 12.1 Å². The Hall–Kier alpha value is -5.06. The second-order valence-electron chi connectivity index (χ2n) is 6.83. The van der Waals surface area contributed by atoms with Crippen LogP contribution in [0.4, 0.5) is 16.6 Å². The Labute approximate surface area is 194 Å². The number of rotatable bonds is 7. The fourth-order valence-electron chi connectivity index (χ4n) is 2.76. The van der Waals surface area contributed by atoms with E-state index in [9.17, 15) is 9.59 Å². The summed E-state index contributed by atoms with van der Waals surface area (Å²) in [5, 5.41) is 13.5. The van der Waals surface area contributed by atoms with E-state index in [1.54, 1.807) is 61.7 Å². The van der Waals surface area contributed by atoms with Gasteiger partial charge in [0.25, 0.3) is 5.95 Å². The summed E-state index contributed by atoms with van der Waals surface area (Å²) in [4.78, 5) is 34.4. The number of esters is 1. The third-order valence-corrected chi connectivity index (χ3v) is 4.40. The van der Waals surface area contributed by atoms with Gasteiger partial charge >= 0.3 is 12.1 Å². The summed E-state index contributed by atoms with van der Waals surface area (Å²) in [6.07, 6.45) is 0.788. The molecule has 0 radical (unpaired) electrons. The predicted molar refractivity (Wildman–Crippen MR) is 123 cm³/mol. The summed E-state index contributed by atoms with van der Waals surface area (Å²) in [6.45, 7) is 0. The molecule has 0 aliphatic rings. The van der Waals surface area contributed by atoms with E-state index >= 15 is 0 Å². The molecule has 2 aromatic carbocycles. The molecule has 0 fully saturated rings. The molecule has 2 N–H and O–H groups in total. The number of hydrogen-bond acceptors (Lipinski definition) is 9. The molecule has 0 bridgehead atoms. The van der Waals surface area contributed by atoms with Gasteiger partial charge in [-0.05, 0) is 46.3 Å². The molecular formula is C23H19N7O4. The van der Waals surface area contributed by atoms with Crippen molar-refractivity contribution < 1.29 is 19.2 Å². The number of ether oxygens (including phenoxy) is 1. The van der Waals surface area contributed by atoms with Gasteiger partial charge in [0.2, 0.25) is 0 Å². The number of anilines is 2. The van der Waals surface area contributed by atoms with Crippen LogP contribution < -0.4 is 10.8 Å². The van der Waals surface area contributed by atoms with Crippen LogP contribution in [-0.4, -0.2) is 37.3 Å². The lowest BCUT2D eigenvalue weighted by molar-refractivity contribution is 0.0645. The van der Waals surface area contributed by atoms with Gasteiger partial charge in [-0.1, -0.05) is 59.7 Å². The number of carbonyl (C=O) groups is 2. The molecule has 0 aliphatic carbocycles. The first-order chi connectivity index (χ1) is 16.6. The van der Waals surface area contributed by atoms with Crippen LogP contribution in [0.2, 0.25) is 0 Å². The molecule has 11 heteroatoms. The zero-order valence-electron chi connectivity index (χ0n) is 18.0. The molecule has 0 spiro atoms. The fraction of sp³-hybridized carbons (Fsp3) is 0.0435. The van der Waals surface area contributed by atoms with E-state index in [1.165, 1.54) is 4.68 Å². The van der Waals surface area contributed by atoms with Gasteiger partial charge in [0, 0.05) is 7.05 Å². The minimum Gasteiger partial charge on any atom is -0.377 e. The summed E-state index contributed by atoms with van der Waals surface area (Å²) in [5.74, 6) is -0.0159. The summed E-state index contributed by atoms with van der Waals surface area (Å²) >= 11 is 0. The lowest BCUT2D eigenvalue weighted by Crippen LogP contribution is -2.19. The molecule has 0 unspecified atom stereocenters. The molecule has 1 amide bonds. The van der Waals surface area contributed by atoms with E-state index in [0.717, 1.165) is 5.56 Å². The van der Waals surface area contributed by atoms with Crippen molar-refractivity contribution in [2.24, 2.45) is 7.05 Å². The minimum absolute atomic E-state index is 0.159. The first-order valence-corrected chi connectivity index (χ1v) is 10.1. The molecule has 0 atom stereocenters. The van der Waals surface area contributed by atoms with Crippen molar-refractivity contribution in [3.63, 3.8) is 0 Å². The third kappa shape index (κ3) is 5.79. The minimum atomic E-state index is -0.962. The number of carbonyl (C=O) groups excluding carboxylic acids is 2. The Bertz CT molecular complexity index is 1310. The van der Waals surface area contributed by atoms with Crippen molar-refractivity contribution in [2.45, 2.75) is 0 Å². The molecule has 34 heavy (non-hydrogen) atoms. The quantitative estimate of drug-likeness (QED) is 0.185. The largest absolute Gasteiger partial charge is 0.420 e. The van der Waals surface area contributed by atoms with Crippen molar-refractivity contribution in [3.8, 4) is 0 Å². The predicted octanol–water partition coefficient (Wildman–Crippen LogP) is 3.54. The summed E-state index contributed by atoms with van der Waals surface area (Å²) in [7, 11) is 1.65. The van der Waals surface area contributed by atoms with Crippen LogP contribution in [0.25, 0.3) is 11.8 Å². The number of nitrogens with one attached hydrogen (secondary N) is 2. The lowest BCUT2D eigenvalue weighted by Gasteiger charge is -2.12. The number of amides is 1. The maximum absolute atomic E-state index is 12.2. The normalized spacial score (nSPS) is 10.9. The van der Waals surface area contributed by atoms with Gasteiger partial charge in [-0.25, -0.2) is 19.3 Å². The van der Waals surface area contributed by atoms with Gasteiger partial charge < -0.3 is 9.57 Å². The lowest BCUT2D eigenvalue weighted by atomic mass is 10.2. The maximum Gasteiger partial charge on any atom is 0.420 e. The molecule has 0 saturated heterocycles. The first-order valence-electron chi connectivity index (χ1n) is 10.1. The second-order valence-corrected chi connectivity index (χ2v) is 6.83. The molecular weight excluding hydrogens is 438 g/mol. The van der Waals surface area contributed by atoms with Gasteiger partial charge in [0.15, 0.2) is 5.76 Å². The number of hydrogen-bond donors (Lipinski definition) is 2. The van der Waals surface area contributed by atoms with E-state index in [-0.39, 0.29) is 17.3 Å². The molecule has 0 saturated carbocycles. The summed E-state index contributed by atoms with van der Waals surface area (Å²) < 4.78 is 6.23. The Morgan fingerprint density at radius 2 is 1.68 bits per heavy atom. The van der Waals surface area contributed by atoms with Gasteiger partial charge in [-0.3, -0.25) is 5.32 Å². The van der Waals surface area contributed by atoms with E-state index in [2.05, 4.69) is 31.3 Å². The standard InChI is InChI=1S/C23H19N7O4/c1-30-22(26-28-29-30)27-34-19(15-16-9-4-2-5-10-16)18-13-8-14-20(24-18)25-23(32)33-21(31)17-11-6-3-7-12-17/h2-15H,1H3,(H,24,25,32)(H,26,27,29)/b19-15-. The average Bonchev–Trinajstić information content (AvgIpc) is 3.27. The highest BCUT2D eigenvalue weighted by Gasteiger charge is 2.15. The van der Waals surface area contributed by atoms with Crippen LogP contribution in [0, 0.1) is 0 Å². The molecule has 4 rings (SSSR count). The Morgan fingerprint density at radius 1 is 0.941 bits per heavy atom. The van der Waals surface area contributed by atoms with Crippen LogP contribution in [0.5, 0.6) is 0 Å². The topological polar surface area (TPSA) is 133 Å². The van der Waals surface area contributed by atoms with Crippen LogP contribution in [0.15, 0.2) is 78.9 Å². The third-order valence-electron chi connectivity index (χ3n) is 4.40. The van der Waals surface area contributed by atoms with Crippen molar-refractivity contribution in [3.05, 3.63) is 95.7 Å². The maximum atomic E-state index is 12.2. The van der Waals surface area contributed by atoms with Gasteiger partial charge in [0.1, 0.15) is 11.5 Å². The smallest absolute Gasteiger partial charge is 0.377 e. The molecule has 11 nitrogen and oxygen atoms in total. The molecule has 2 heterocycles. The van der Waals surface area contributed by atoms with E-state index in [1.807, 2.05) is 30.3 Å². The average molecular weight is 457 g/mol. The zero-order valence-corrected chi connectivity index (χ0v) is 18.0. The van der Waals surface area contributed by atoms with Crippen LogP contribution in [0.1, 0.15) is 21.6 Å². The van der Waals surface area contributed by atoms with Crippen molar-refractivity contribution >= 4 is 35.7 Å². The Morgan fingerprint density at radius 3 is 2.38 bits per heavy atom. The molecule has 2 aromatic heterocycles. The fourth-order valence-corrected chi connectivity index (χ4v) is 2.76. The number of benzene rings is 2. The second kappa shape index (κ2) is 10.5. The number of pyridine rings is 1. The molecule has 170 valence electrons. The highest BCUT2D eigenvalue weighted by molar-refractivity contribution is 5.99. The molecule has 0 aliphatic heterocycles. The molecule has 4 aromatic rings.